The molecule has 0 unspecified atom stereocenters. The topological polar surface area (TPSA) is 66.8 Å². The number of piperidine rings is 2. The van der Waals surface area contributed by atoms with Crippen molar-refractivity contribution >= 4 is 12.1 Å². The quantitative estimate of drug-likeness (QED) is 0.928. The van der Waals surface area contributed by atoms with Crippen molar-refractivity contribution in [3.05, 3.63) is 35.9 Å². The van der Waals surface area contributed by atoms with Crippen LogP contribution in [0.3, 0.4) is 0 Å². The summed E-state index contributed by atoms with van der Waals surface area (Å²) in [6.45, 7) is 0.0206. The van der Waals surface area contributed by atoms with Gasteiger partial charge in [0, 0.05) is 19.4 Å². The molecule has 3 aliphatic rings. The van der Waals surface area contributed by atoms with Crippen LogP contribution in [-0.4, -0.2) is 40.8 Å². The number of nitrogens with zero attached hydrogens (tertiary/aromatic N) is 1. The maximum Gasteiger partial charge on any atom is 0.410 e. The van der Waals surface area contributed by atoms with Crippen LogP contribution in [0.4, 0.5) is 9.18 Å². The molecule has 0 atom stereocenters. The second-order valence-corrected chi connectivity index (χ2v) is 5.99. The van der Waals surface area contributed by atoms with Crippen LogP contribution in [-0.2, 0) is 16.1 Å². The number of aliphatic carboxylic acids is 1. The maximum absolute atomic E-state index is 14.2. The van der Waals surface area contributed by atoms with Crippen LogP contribution in [0.5, 0.6) is 0 Å². The standard InChI is InChI=1S/C15H16FNO4/c16-15-7-14(8-15,12(18)19)9-17(10-15)13(20)21-6-11-4-2-1-3-5-11/h1-5H,6-10H2,(H,18,19). The Morgan fingerprint density at radius 3 is 2.52 bits per heavy atom. The smallest absolute Gasteiger partial charge is 0.410 e. The zero-order valence-electron chi connectivity index (χ0n) is 11.4. The summed E-state index contributed by atoms with van der Waals surface area (Å²) in [5.41, 5.74) is -1.89. The van der Waals surface area contributed by atoms with Gasteiger partial charge in [-0.25, -0.2) is 9.18 Å². The number of carbonyl (C=O) groups is 2. The van der Waals surface area contributed by atoms with Crippen LogP contribution in [0, 0.1) is 5.41 Å². The first-order valence-electron chi connectivity index (χ1n) is 6.81. The molecule has 2 saturated heterocycles. The van der Waals surface area contributed by atoms with E-state index in [0.717, 1.165) is 5.56 Å². The molecule has 1 N–H and O–H groups in total. The Labute approximate surface area is 121 Å². The van der Waals surface area contributed by atoms with Crippen molar-refractivity contribution in [1.29, 1.82) is 0 Å². The molecule has 1 amide bonds. The molecule has 2 heterocycles. The zero-order chi connectivity index (χ0) is 15.1. The molecule has 21 heavy (non-hydrogen) atoms. The van der Waals surface area contributed by atoms with E-state index in [1.807, 2.05) is 30.3 Å². The van der Waals surface area contributed by atoms with E-state index in [9.17, 15) is 19.1 Å². The molecular formula is C15H16FNO4. The Kier molecular flexibility index (Phi) is 3.11. The van der Waals surface area contributed by atoms with Gasteiger partial charge in [-0.3, -0.25) is 4.79 Å². The Balaban J connectivity index is 1.62. The fraction of sp³-hybridized carbons (Fsp3) is 0.467. The normalized spacial score (nSPS) is 30.4. The molecule has 1 aromatic rings. The van der Waals surface area contributed by atoms with E-state index >= 15 is 0 Å². The molecule has 112 valence electrons. The summed E-state index contributed by atoms with van der Waals surface area (Å²) < 4.78 is 19.3. The Bertz CT molecular complexity index is 568. The molecule has 3 fully saturated rings. The molecule has 2 aliphatic heterocycles. The Hall–Kier alpha value is -2.11. The molecular weight excluding hydrogens is 277 g/mol. The van der Waals surface area contributed by atoms with Gasteiger partial charge in [0.2, 0.25) is 0 Å². The van der Waals surface area contributed by atoms with Gasteiger partial charge in [0.1, 0.15) is 12.3 Å². The molecule has 6 heteroatoms. The van der Waals surface area contributed by atoms with Crippen LogP contribution in [0.2, 0.25) is 0 Å². The van der Waals surface area contributed by atoms with E-state index in [-0.39, 0.29) is 32.5 Å². The number of rotatable bonds is 3. The summed E-state index contributed by atoms with van der Waals surface area (Å²) in [6.07, 6.45) is -0.693. The van der Waals surface area contributed by atoms with Crippen LogP contribution >= 0.6 is 0 Å². The fourth-order valence-corrected chi connectivity index (χ4v) is 3.31. The fourth-order valence-electron chi connectivity index (χ4n) is 3.31. The predicted molar refractivity (Wildman–Crippen MR) is 71.3 cm³/mol. The Morgan fingerprint density at radius 2 is 1.90 bits per heavy atom. The zero-order valence-corrected chi connectivity index (χ0v) is 11.4. The number of carbonyl (C=O) groups excluding carboxylic acids is 1. The number of benzene rings is 1. The van der Waals surface area contributed by atoms with Gasteiger partial charge in [0.25, 0.3) is 0 Å². The summed E-state index contributed by atoms with van der Waals surface area (Å²) in [4.78, 5) is 24.4. The minimum atomic E-state index is -1.58. The van der Waals surface area contributed by atoms with Gasteiger partial charge >= 0.3 is 12.1 Å². The van der Waals surface area contributed by atoms with Gasteiger partial charge in [0.05, 0.1) is 12.0 Å². The van der Waals surface area contributed by atoms with Crippen LogP contribution in [0.25, 0.3) is 0 Å². The molecule has 0 aromatic heterocycles. The number of alkyl halides is 1. The van der Waals surface area contributed by atoms with Gasteiger partial charge in [-0.15, -0.1) is 0 Å². The summed E-state index contributed by atoms with van der Waals surface area (Å²) in [7, 11) is 0. The molecule has 0 radical (unpaired) electrons. The summed E-state index contributed by atoms with van der Waals surface area (Å²) in [5, 5.41) is 9.21. The third-order valence-electron chi connectivity index (χ3n) is 4.20. The van der Waals surface area contributed by atoms with Crippen LogP contribution < -0.4 is 0 Å². The lowest BCUT2D eigenvalue weighted by molar-refractivity contribution is -0.186. The molecule has 1 saturated carbocycles. The first-order chi connectivity index (χ1) is 9.92. The van der Waals surface area contributed by atoms with Gasteiger partial charge in [-0.05, 0) is 5.56 Å². The minimum Gasteiger partial charge on any atom is -0.481 e. The molecule has 4 rings (SSSR count). The lowest BCUT2D eigenvalue weighted by atomic mass is 9.57. The number of carboxylic acids is 1. The molecule has 2 bridgehead atoms. The average molecular weight is 293 g/mol. The monoisotopic (exact) mass is 293 g/mol. The van der Waals surface area contributed by atoms with Gasteiger partial charge in [-0.1, -0.05) is 30.3 Å². The highest BCUT2D eigenvalue weighted by Gasteiger charge is 2.65. The van der Waals surface area contributed by atoms with Crippen molar-refractivity contribution in [2.45, 2.75) is 25.1 Å². The van der Waals surface area contributed by atoms with E-state index < -0.39 is 23.1 Å². The van der Waals surface area contributed by atoms with Crippen LogP contribution in [0.15, 0.2) is 30.3 Å². The van der Waals surface area contributed by atoms with Crippen molar-refractivity contribution in [1.82, 2.24) is 4.90 Å². The predicted octanol–water partition coefficient (Wildman–Crippen LogP) is 2.21. The number of fused-ring (bicyclic) bond motifs is 2. The first-order valence-corrected chi connectivity index (χ1v) is 6.81. The molecule has 5 nitrogen and oxygen atoms in total. The van der Waals surface area contributed by atoms with Crippen LogP contribution in [0.1, 0.15) is 18.4 Å². The number of halogens is 1. The van der Waals surface area contributed by atoms with Gasteiger partial charge in [-0.2, -0.15) is 0 Å². The number of hydrogen-bond donors (Lipinski definition) is 1. The van der Waals surface area contributed by atoms with Crippen molar-refractivity contribution < 1.29 is 23.8 Å². The van der Waals surface area contributed by atoms with E-state index in [4.69, 9.17) is 4.74 Å². The highest BCUT2D eigenvalue weighted by molar-refractivity contribution is 5.79. The SMILES string of the molecule is O=C(OCc1ccccc1)N1CC2(F)CC(C(=O)O)(C1)C2. The molecule has 1 aromatic carbocycles. The van der Waals surface area contributed by atoms with E-state index in [1.165, 1.54) is 4.90 Å². The van der Waals surface area contributed by atoms with Crippen molar-refractivity contribution in [3.63, 3.8) is 0 Å². The summed E-state index contributed by atoms with van der Waals surface area (Å²) in [6, 6.07) is 9.14. The third kappa shape index (κ3) is 2.46. The largest absolute Gasteiger partial charge is 0.481 e. The van der Waals surface area contributed by atoms with Crippen molar-refractivity contribution in [3.8, 4) is 0 Å². The molecule has 1 aliphatic carbocycles. The van der Waals surface area contributed by atoms with Crippen molar-refractivity contribution in [2.24, 2.45) is 5.41 Å². The summed E-state index contributed by atoms with van der Waals surface area (Å²) >= 11 is 0. The molecule has 0 spiro atoms. The van der Waals surface area contributed by atoms with E-state index in [0.29, 0.717) is 0 Å². The number of ether oxygens (including phenoxy) is 1. The lowest BCUT2D eigenvalue weighted by Gasteiger charge is -2.56. The van der Waals surface area contributed by atoms with Gasteiger partial charge < -0.3 is 14.7 Å². The maximum atomic E-state index is 14.2. The highest BCUT2D eigenvalue weighted by atomic mass is 19.1. The van der Waals surface area contributed by atoms with Gasteiger partial charge in [0.15, 0.2) is 0 Å². The minimum absolute atomic E-state index is 0.0155. The average Bonchev–Trinajstić information content (AvgIpc) is 2.44. The number of amides is 1. The Morgan fingerprint density at radius 1 is 1.24 bits per heavy atom. The number of hydrogen-bond acceptors (Lipinski definition) is 3. The second-order valence-electron chi connectivity index (χ2n) is 5.99. The number of carboxylic acid groups (broad SMARTS) is 1. The lowest BCUT2D eigenvalue weighted by Crippen LogP contribution is -2.68. The highest BCUT2D eigenvalue weighted by Crippen LogP contribution is 2.55. The third-order valence-corrected chi connectivity index (χ3v) is 4.20. The van der Waals surface area contributed by atoms with E-state index in [1.54, 1.807) is 0 Å². The van der Waals surface area contributed by atoms with Crippen molar-refractivity contribution in [2.75, 3.05) is 13.1 Å². The first kappa shape index (κ1) is 13.9. The van der Waals surface area contributed by atoms with E-state index in [2.05, 4.69) is 0 Å². The second kappa shape index (κ2) is 4.72. The summed E-state index contributed by atoms with van der Waals surface area (Å²) in [5.74, 6) is -1.05.